The Kier molecular flexibility index (Phi) is 3.81. The average molecular weight is 274 g/mol. The topological polar surface area (TPSA) is 103 Å². The number of hydrogen-bond donors (Lipinski definition) is 2. The summed E-state index contributed by atoms with van der Waals surface area (Å²) in [5.41, 5.74) is 4.25. The van der Waals surface area contributed by atoms with E-state index in [-0.39, 0.29) is 17.8 Å². The van der Waals surface area contributed by atoms with Crippen molar-refractivity contribution in [1.29, 1.82) is 0 Å². The largest absolute Gasteiger partial charge is 0.324 e. The second-order valence-corrected chi connectivity index (χ2v) is 4.41. The van der Waals surface area contributed by atoms with E-state index in [0.717, 1.165) is 5.56 Å². The number of aryl methyl sites for hydroxylation is 1. The van der Waals surface area contributed by atoms with Crippen LogP contribution >= 0.6 is 0 Å². The van der Waals surface area contributed by atoms with E-state index in [1.54, 1.807) is 12.3 Å². The molecule has 1 aromatic heterocycles. The SMILES string of the molecule is Cc1ccn(Cc2cc([N+](=O)[O-])ccc2NN)c(=O)c1. The summed E-state index contributed by atoms with van der Waals surface area (Å²) >= 11 is 0. The number of benzene rings is 1. The van der Waals surface area contributed by atoms with Crippen molar-refractivity contribution in [3.8, 4) is 0 Å². The van der Waals surface area contributed by atoms with Crippen LogP contribution in [-0.2, 0) is 6.54 Å². The second-order valence-electron chi connectivity index (χ2n) is 4.41. The number of non-ortho nitro benzene ring substituents is 1. The number of nitrogen functional groups attached to an aromatic ring is 1. The highest BCUT2D eigenvalue weighted by atomic mass is 16.6. The molecular formula is C13H14N4O3. The van der Waals surface area contributed by atoms with Crippen LogP contribution in [0.5, 0.6) is 0 Å². The molecule has 0 atom stereocenters. The van der Waals surface area contributed by atoms with E-state index in [1.807, 2.05) is 6.92 Å². The third-order valence-electron chi connectivity index (χ3n) is 2.95. The van der Waals surface area contributed by atoms with Gasteiger partial charge in [-0.3, -0.25) is 20.8 Å². The third kappa shape index (κ3) is 2.83. The Morgan fingerprint density at radius 1 is 1.35 bits per heavy atom. The highest BCUT2D eigenvalue weighted by molar-refractivity contribution is 5.55. The fourth-order valence-corrected chi connectivity index (χ4v) is 1.89. The van der Waals surface area contributed by atoms with E-state index in [9.17, 15) is 14.9 Å². The predicted molar refractivity (Wildman–Crippen MR) is 75.4 cm³/mol. The molecule has 1 aromatic carbocycles. The standard InChI is InChI=1S/C13H14N4O3/c1-9-4-5-16(13(18)6-9)8-10-7-11(17(19)20)2-3-12(10)15-14/h2-7,15H,8,14H2,1H3. The summed E-state index contributed by atoms with van der Waals surface area (Å²) in [4.78, 5) is 22.2. The minimum absolute atomic E-state index is 0.0424. The van der Waals surface area contributed by atoms with Crippen LogP contribution in [0.3, 0.4) is 0 Å². The van der Waals surface area contributed by atoms with Crippen molar-refractivity contribution in [1.82, 2.24) is 4.57 Å². The summed E-state index contributed by atoms with van der Waals surface area (Å²) in [6, 6.07) is 7.59. The predicted octanol–water partition coefficient (Wildman–Crippen LogP) is 1.40. The number of nitro groups is 1. The van der Waals surface area contributed by atoms with Gasteiger partial charge in [-0.25, -0.2) is 0 Å². The zero-order chi connectivity index (χ0) is 14.7. The van der Waals surface area contributed by atoms with Gasteiger partial charge in [0, 0.05) is 30.0 Å². The van der Waals surface area contributed by atoms with Gasteiger partial charge < -0.3 is 9.99 Å². The fourth-order valence-electron chi connectivity index (χ4n) is 1.89. The monoisotopic (exact) mass is 274 g/mol. The van der Waals surface area contributed by atoms with Crippen molar-refractivity contribution in [2.75, 3.05) is 5.43 Å². The van der Waals surface area contributed by atoms with Crippen LogP contribution in [0.2, 0.25) is 0 Å². The molecule has 0 spiro atoms. The molecular weight excluding hydrogens is 260 g/mol. The summed E-state index contributed by atoms with van der Waals surface area (Å²) < 4.78 is 1.47. The zero-order valence-corrected chi connectivity index (χ0v) is 10.9. The van der Waals surface area contributed by atoms with Gasteiger partial charge in [0.2, 0.25) is 0 Å². The van der Waals surface area contributed by atoms with Gasteiger partial charge in [-0.15, -0.1) is 0 Å². The number of nitrogens with zero attached hydrogens (tertiary/aromatic N) is 2. The Balaban J connectivity index is 2.43. The van der Waals surface area contributed by atoms with Crippen molar-refractivity contribution in [3.05, 3.63) is 68.1 Å². The lowest BCUT2D eigenvalue weighted by molar-refractivity contribution is -0.384. The highest BCUT2D eigenvalue weighted by Gasteiger charge is 2.11. The number of nitro benzene ring substituents is 1. The van der Waals surface area contributed by atoms with Gasteiger partial charge in [-0.05, 0) is 24.6 Å². The number of pyridine rings is 1. The Labute approximate surface area is 114 Å². The van der Waals surface area contributed by atoms with E-state index >= 15 is 0 Å². The quantitative estimate of drug-likeness (QED) is 0.498. The van der Waals surface area contributed by atoms with E-state index in [4.69, 9.17) is 5.84 Å². The number of hydrogen-bond acceptors (Lipinski definition) is 5. The number of rotatable bonds is 4. The van der Waals surface area contributed by atoms with Crippen LogP contribution in [0.15, 0.2) is 41.3 Å². The second kappa shape index (κ2) is 5.54. The van der Waals surface area contributed by atoms with Crippen molar-refractivity contribution < 1.29 is 4.92 Å². The summed E-state index contributed by atoms with van der Waals surface area (Å²) in [5, 5.41) is 10.8. The summed E-state index contributed by atoms with van der Waals surface area (Å²) in [6.07, 6.45) is 1.65. The smallest absolute Gasteiger partial charge is 0.269 e. The van der Waals surface area contributed by atoms with Crippen LogP contribution in [-0.4, -0.2) is 9.49 Å². The number of nitrogens with two attached hydrogens (primary N) is 1. The van der Waals surface area contributed by atoms with Gasteiger partial charge in [0.15, 0.2) is 0 Å². The molecule has 3 N–H and O–H groups in total. The molecule has 7 nitrogen and oxygen atoms in total. The molecule has 0 amide bonds. The van der Waals surface area contributed by atoms with Crippen molar-refractivity contribution in [3.63, 3.8) is 0 Å². The van der Waals surface area contributed by atoms with Crippen LogP contribution in [0.4, 0.5) is 11.4 Å². The number of aromatic nitrogens is 1. The number of anilines is 1. The molecule has 20 heavy (non-hydrogen) atoms. The van der Waals surface area contributed by atoms with Gasteiger partial charge in [0.25, 0.3) is 11.2 Å². The lowest BCUT2D eigenvalue weighted by atomic mass is 10.1. The van der Waals surface area contributed by atoms with Crippen molar-refractivity contribution in [2.24, 2.45) is 5.84 Å². The Morgan fingerprint density at radius 2 is 2.10 bits per heavy atom. The third-order valence-corrected chi connectivity index (χ3v) is 2.95. The van der Waals surface area contributed by atoms with Crippen molar-refractivity contribution >= 4 is 11.4 Å². The summed E-state index contributed by atoms with van der Waals surface area (Å²) in [7, 11) is 0. The molecule has 0 fully saturated rings. The van der Waals surface area contributed by atoms with E-state index in [0.29, 0.717) is 11.3 Å². The van der Waals surface area contributed by atoms with Gasteiger partial charge in [0.05, 0.1) is 17.2 Å². The lowest BCUT2D eigenvalue weighted by Gasteiger charge is -2.10. The molecule has 104 valence electrons. The molecule has 0 unspecified atom stereocenters. The first-order chi connectivity index (χ1) is 9.51. The molecule has 0 aliphatic heterocycles. The van der Waals surface area contributed by atoms with Crippen LogP contribution in [0.1, 0.15) is 11.1 Å². The summed E-state index contributed by atoms with van der Waals surface area (Å²) in [5.74, 6) is 5.39. The zero-order valence-electron chi connectivity index (χ0n) is 10.9. The first-order valence-corrected chi connectivity index (χ1v) is 5.92. The Hall–Kier alpha value is -2.67. The van der Waals surface area contributed by atoms with Crippen LogP contribution < -0.4 is 16.8 Å². The van der Waals surface area contributed by atoms with Gasteiger partial charge >= 0.3 is 0 Å². The minimum atomic E-state index is -0.484. The minimum Gasteiger partial charge on any atom is -0.324 e. The Morgan fingerprint density at radius 3 is 2.70 bits per heavy atom. The molecule has 0 radical (unpaired) electrons. The first-order valence-electron chi connectivity index (χ1n) is 5.92. The van der Waals surface area contributed by atoms with Gasteiger partial charge in [0.1, 0.15) is 0 Å². The van der Waals surface area contributed by atoms with Gasteiger partial charge in [-0.1, -0.05) is 0 Å². The highest BCUT2D eigenvalue weighted by Crippen LogP contribution is 2.22. The molecule has 0 aliphatic carbocycles. The maximum absolute atomic E-state index is 11.8. The molecule has 0 saturated carbocycles. The first kappa shape index (κ1) is 13.8. The number of nitrogens with one attached hydrogen (secondary N) is 1. The van der Waals surface area contributed by atoms with Crippen LogP contribution in [0.25, 0.3) is 0 Å². The average Bonchev–Trinajstić information content (AvgIpc) is 2.41. The van der Waals surface area contributed by atoms with Gasteiger partial charge in [-0.2, -0.15) is 0 Å². The normalized spacial score (nSPS) is 10.3. The lowest BCUT2D eigenvalue weighted by Crippen LogP contribution is -2.20. The Bertz CT molecular complexity index is 709. The number of hydrazine groups is 1. The maximum Gasteiger partial charge on any atom is 0.269 e. The van der Waals surface area contributed by atoms with Crippen LogP contribution in [0, 0.1) is 17.0 Å². The summed E-state index contributed by atoms with van der Waals surface area (Å²) in [6.45, 7) is 2.03. The molecule has 2 aromatic rings. The van der Waals surface area contributed by atoms with E-state index in [2.05, 4.69) is 5.43 Å². The molecule has 0 saturated heterocycles. The molecule has 1 heterocycles. The van der Waals surface area contributed by atoms with E-state index in [1.165, 1.54) is 28.8 Å². The molecule has 0 bridgehead atoms. The maximum atomic E-state index is 11.8. The van der Waals surface area contributed by atoms with E-state index < -0.39 is 4.92 Å². The fraction of sp³-hybridized carbons (Fsp3) is 0.154. The molecule has 7 heteroatoms. The van der Waals surface area contributed by atoms with Crippen molar-refractivity contribution in [2.45, 2.75) is 13.5 Å². The molecule has 2 rings (SSSR count). The molecule has 0 aliphatic rings.